The minimum absolute atomic E-state index is 0.0868. The summed E-state index contributed by atoms with van der Waals surface area (Å²) in [7, 11) is 0. The minimum Gasteiger partial charge on any atom is -0.462 e. The van der Waals surface area contributed by atoms with Crippen LogP contribution in [0.1, 0.15) is 380 Å². The number of ether oxygens (including phenoxy) is 3. The van der Waals surface area contributed by atoms with Crippen LogP contribution in [-0.4, -0.2) is 37.2 Å². The molecule has 0 aromatic carbocycles. The summed E-state index contributed by atoms with van der Waals surface area (Å²) >= 11 is 0. The maximum absolute atomic E-state index is 12.9. The lowest BCUT2D eigenvalue weighted by Gasteiger charge is -2.18. The van der Waals surface area contributed by atoms with Gasteiger partial charge in [-0.2, -0.15) is 0 Å². The van der Waals surface area contributed by atoms with Crippen LogP contribution < -0.4 is 0 Å². The Morgan fingerprint density at radius 3 is 0.753 bits per heavy atom. The lowest BCUT2D eigenvalue weighted by atomic mass is 10.0. The van der Waals surface area contributed by atoms with E-state index in [1.54, 1.807) is 0 Å². The number of esters is 3. The van der Waals surface area contributed by atoms with E-state index in [0.717, 1.165) is 77.0 Å². The molecule has 0 aliphatic carbocycles. The first-order valence-electron chi connectivity index (χ1n) is 35.8. The zero-order valence-corrected chi connectivity index (χ0v) is 54.3. The molecule has 0 saturated carbocycles. The van der Waals surface area contributed by atoms with E-state index >= 15 is 0 Å². The van der Waals surface area contributed by atoms with Gasteiger partial charge in [-0.25, -0.2) is 0 Å². The summed E-state index contributed by atoms with van der Waals surface area (Å²) in [6.45, 7) is 6.55. The molecule has 0 heterocycles. The van der Waals surface area contributed by atoms with Crippen LogP contribution in [0.2, 0.25) is 0 Å². The number of hydrogen-bond acceptors (Lipinski definition) is 6. The zero-order chi connectivity index (χ0) is 58.5. The quantitative estimate of drug-likeness (QED) is 0.0261. The van der Waals surface area contributed by atoms with Gasteiger partial charge in [-0.05, 0) is 57.8 Å². The number of unbranched alkanes of at least 4 members (excludes halogenated alkanes) is 45. The number of rotatable bonds is 66. The minimum atomic E-state index is -0.796. The maximum atomic E-state index is 12.9. The monoisotopic (exact) mass is 1130 g/mol. The lowest BCUT2D eigenvalue weighted by molar-refractivity contribution is -0.167. The molecule has 0 saturated heterocycles. The first-order chi connectivity index (χ1) is 40.0. The summed E-state index contributed by atoms with van der Waals surface area (Å²) < 4.78 is 16.9. The molecule has 1 unspecified atom stereocenters. The molecule has 0 rings (SSSR count). The Balaban J connectivity index is 4.28. The van der Waals surface area contributed by atoms with Crippen LogP contribution in [0.5, 0.6) is 0 Å². The molecule has 0 spiro atoms. The Bertz CT molecular complexity index is 1440. The molecule has 1 atom stereocenters. The molecule has 0 radical (unpaired) electrons. The number of carbonyl (C=O) groups excluding carboxylic acids is 3. The third kappa shape index (κ3) is 67.8. The van der Waals surface area contributed by atoms with Gasteiger partial charge in [-0.3, -0.25) is 14.4 Å². The molecule has 0 bridgehead atoms. The van der Waals surface area contributed by atoms with E-state index < -0.39 is 6.10 Å². The Morgan fingerprint density at radius 1 is 0.259 bits per heavy atom. The lowest BCUT2D eigenvalue weighted by Crippen LogP contribution is -2.30. The molecule has 0 fully saturated rings. The van der Waals surface area contributed by atoms with E-state index in [-0.39, 0.29) is 37.5 Å². The van der Waals surface area contributed by atoms with Gasteiger partial charge in [0.15, 0.2) is 6.10 Å². The third-order valence-electron chi connectivity index (χ3n) is 16.0. The van der Waals surface area contributed by atoms with Crippen molar-refractivity contribution < 1.29 is 28.6 Å². The second-order valence-corrected chi connectivity index (χ2v) is 24.1. The molecular formula is C75H136O6. The van der Waals surface area contributed by atoms with Crippen molar-refractivity contribution in [3.8, 4) is 0 Å². The van der Waals surface area contributed by atoms with E-state index in [1.807, 2.05) is 0 Å². The molecule has 0 aliphatic rings. The van der Waals surface area contributed by atoms with Crippen molar-refractivity contribution in [2.45, 2.75) is 386 Å². The molecule has 0 amide bonds. The van der Waals surface area contributed by atoms with Gasteiger partial charge in [-0.15, -0.1) is 0 Å². The van der Waals surface area contributed by atoms with Crippen LogP contribution in [0.15, 0.2) is 60.8 Å². The molecule has 6 heteroatoms. The Hall–Kier alpha value is -2.89. The van der Waals surface area contributed by atoms with Gasteiger partial charge >= 0.3 is 17.9 Å². The first-order valence-corrected chi connectivity index (χ1v) is 35.8. The van der Waals surface area contributed by atoms with Crippen molar-refractivity contribution in [1.29, 1.82) is 0 Å². The van der Waals surface area contributed by atoms with Gasteiger partial charge in [0.25, 0.3) is 0 Å². The van der Waals surface area contributed by atoms with Gasteiger partial charge in [0.2, 0.25) is 0 Å². The van der Waals surface area contributed by atoms with Crippen molar-refractivity contribution >= 4 is 17.9 Å². The number of hydrogen-bond donors (Lipinski definition) is 0. The fourth-order valence-corrected chi connectivity index (χ4v) is 10.7. The standard InChI is InChI=1S/C75H136O6/c1-4-7-10-13-16-19-22-25-28-31-33-34-35-36-37-38-39-40-41-42-45-47-50-53-56-59-62-65-68-74(77)80-71-72(70-79-73(76)67-64-61-58-55-52-49-46-43-30-27-24-21-18-15-12-9-6-3)81-75(78)69-66-63-60-57-54-51-48-44-32-29-26-23-20-17-14-11-8-5-2/h9,12,18,21,27,30,46,49,55,58,72H,4-8,10-11,13-17,19-20,22-26,28-29,31-45,47-48,50-54,56-57,59-71H2,1-3H3/b12-9-,21-18-,30-27-,49-46-,58-55-. The molecule has 0 N–H and O–H groups in total. The molecular weight excluding hydrogens is 997 g/mol. The van der Waals surface area contributed by atoms with Gasteiger partial charge in [0, 0.05) is 19.3 Å². The zero-order valence-electron chi connectivity index (χ0n) is 54.3. The highest BCUT2D eigenvalue weighted by atomic mass is 16.6. The number of carbonyl (C=O) groups is 3. The summed E-state index contributed by atoms with van der Waals surface area (Å²) in [4.78, 5) is 38.4. The van der Waals surface area contributed by atoms with Crippen molar-refractivity contribution in [2.75, 3.05) is 13.2 Å². The van der Waals surface area contributed by atoms with Crippen LogP contribution in [-0.2, 0) is 28.6 Å². The fraction of sp³-hybridized carbons (Fsp3) is 0.827. The van der Waals surface area contributed by atoms with E-state index in [0.29, 0.717) is 19.3 Å². The van der Waals surface area contributed by atoms with E-state index in [4.69, 9.17) is 14.2 Å². The van der Waals surface area contributed by atoms with E-state index in [9.17, 15) is 14.4 Å². The summed E-state index contributed by atoms with van der Waals surface area (Å²) in [6.07, 6.45) is 89.8. The van der Waals surface area contributed by atoms with Crippen molar-refractivity contribution in [1.82, 2.24) is 0 Å². The fourth-order valence-electron chi connectivity index (χ4n) is 10.7. The average Bonchev–Trinajstić information content (AvgIpc) is 3.47. The molecule has 81 heavy (non-hydrogen) atoms. The first kappa shape index (κ1) is 78.1. The van der Waals surface area contributed by atoms with Crippen LogP contribution >= 0.6 is 0 Å². The molecule has 0 aromatic heterocycles. The molecule has 0 aliphatic heterocycles. The largest absolute Gasteiger partial charge is 0.462 e. The SMILES string of the molecule is CC/C=C\C/C=C\C/C=C\C/C=C\C/C=C\CCCC(=O)OCC(COC(=O)CCCCCCCCCCCCCCCCCCCCCCCCCCCCCC)OC(=O)CCCCCCCCCCCCCCCCCCCC. The summed E-state index contributed by atoms with van der Waals surface area (Å²) in [5.74, 6) is -0.922. The normalized spacial score (nSPS) is 12.4. The topological polar surface area (TPSA) is 78.9 Å². The summed E-state index contributed by atoms with van der Waals surface area (Å²) in [6, 6.07) is 0. The second-order valence-electron chi connectivity index (χ2n) is 24.1. The maximum Gasteiger partial charge on any atom is 0.306 e. The van der Waals surface area contributed by atoms with Crippen LogP contribution in [0.4, 0.5) is 0 Å². The highest BCUT2D eigenvalue weighted by molar-refractivity contribution is 5.71. The van der Waals surface area contributed by atoms with Gasteiger partial charge in [-0.1, -0.05) is 364 Å². The van der Waals surface area contributed by atoms with Gasteiger partial charge in [0.1, 0.15) is 13.2 Å². The van der Waals surface area contributed by atoms with Crippen molar-refractivity contribution in [3.63, 3.8) is 0 Å². The molecule has 6 nitrogen and oxygen atoms in total. The average molecular weight is 1130 g/mol. The highest BCUT2D eigenvalue weighted by Crippen LogP contribution is 2.19. The third-order valence-corrected chi connectivity index (χ3v) is 16.0. The van der Waals surface area contributed by atoms with E-state index in [1.165, 1.54) is 257 Å². The van der Waals surface area contributed by atoms with Crippen LogP contribution in [0.3, 0.4) is 0 Å². The van der Waals surface area contributed by atoms with Crippen LogP contribution in [0, 0.1) is 0 Å². The Morgan fingerprint density at radius 2 is 0.481 bits per heavy atom. The Kier molecular flexibility index (Phi) is 67.1. The highest BCUT2D eigenvalue weighted by Gasteiger charge is 2.19. The van der Waals surface area contributed by atoms with Crippen LogP contribution in [0.25, 0.3) is 0 Å². The van der Waals surface area contributed by atoms with Crippen molar-refractivity contribution in [2.24, 2.45) is 0 Å². The Labute approximate surface area is 504 Å². The summed E-state index contributed by atoms with van der Waals surface area (Å²) in [5, 5.41) is 0. The predicted octanol–water partition coefficient (Wildman–Crippen LogP) is 24.7. The van der Waals surface area contributed by atoms with Gasteiger partial charge in [0.05, 0.1) is 0 Å². The summed E-state index contributed by atoms with van der Waals surface area (Å²) in [5.41, 5.74) is 0. The predicted molar refractivity (Wildman–Crippen MR) is 353 cm³/mol. The number of allylic oxidation sites excluding steroid dienone is 10. The van der Waals surface area contributed by atoms with E-state index in [2.05, 4.69) is 81.5 Å². The van der Waals surface area contributed by atoms with Gasteiger partial charge < -0.3 is 14.2 Å². The molecule has 472 valence electrons. The smallest absolute Gasteiger partial charge is 0.306 e. The molecule has 0 aromatic rings. The second kappa shape index (κ2) is 69.6. The van der Waals surface area contributed by atoms with Crippen molar-refractivity contribution in [3.05, 3.63) is 60.8 Å².